The van der Waals surface area contributed by atoms with Crippen molar-refractivity contribution in [3.63, 3.8) is 0 Å². The number of aromatic amines is 1. The van der Waals surface area contributed by atoms with Crippen LogP contribution in [0.2, 0.25) is 0 Å². The predicted octanol–water partition coefficient (Wildman–Crippen LogP) is 0.264. The Hall–Kier alpha value is -1.76. The van der Waals surface area contributed by atoms with Crippen molar-refractivity contribution in [1.29, 1.82) is 0 Å². The quantitative estimate of drug-likeness (QED) is 0.726. The summed E-state index contributed by atoms with van der Waals surface area (Å²) in [6.45, 7) is 1.95. The van der Waals surface area contributed by atoms with Crippen LogP contribution in [0.1, 0.15) is 25.3 Å². The average Bonchev–Trinajstić information content (AvgIpc) is 2.86. The number of hydrogen-bond donors (Lipinski definition) is 2. The van der Waals surface area contributed by atoms with Crippen LogP contribution in [-0.4, -0.2) is 25.4 Å². The molecule has 0 unspecified atom stereocenters. The Labute approximate surface area is 79.7 Å². The van der Waals surface area contributed by atoms with E-state index in [1.54, 1.807) is 0 Å². The zero-order valence-corrected chi connectivity index (χ0v) is 7.64. The third-order valence-electron chi connectivity index (χ3n) is 1.82. The summed E-state index contributed by atoms with van der Waals surface area (Å²) in [4.78, 5) is 3.88. The molecule has 7 heteroatoms. The van der Waals surface area contributed by atoms with Crippen molar-refractivity contribution in [2.75, 3.05) is 0 Å². The van der Waals surface area contributed by atoms with E-state index < -0.39 is 0 Å². The van der Waals surface area contributed by atoms with Gasteiger partial charge in [0.25, 0.3) is 5.89 Å². The molecule has 0 aromatic carbocycles. The highest BCUT2D eigenvalue weighted by molar-refractivity contribution is 5.36. The van der Waals surface area contributed by atoms with E-state index in [4.69, 9.17) is 10.2 Å². The molecule has 2 aromatic heterocycles. The highest BCUT2D eigenvalue weighted by Crippen LogP contribution is 2.16. The average molecular weight is 194 g/mol. The molecule has 0 aliphatic carbocycles. The highest BCUT2D eigenvalue weighted by atomic mass is 16.4. The number of aromatic nitrogens is 5. The molecular weight excluding hydrogens is 184 g/mol. The van der Waals surface area contributed by atoms with E-state index in [0.717, 1.165) is 6.42 Å². The van der Waals surface area contributed by atoms with Crippen molar-refractivity contribution in [1.82, 2.24) is 25.4 Å². The van der Waals surface area contributed by atoms with Crippen LogP contribution in [0.5, 0.6) is 0 Å². The Bertz CT molecular complexity index is 394. The molecule has 2 heterocycles. The molecular formula is C7H10N6O. The lowest BCUT2D eigenvalue weighted by molar-refractivity contribution is 0.451. The maximum Gasteiger partial charge on any atom is 0.285 e. The molecule has 2 rings (SSSR count). The summed E-state index contributed by atoms with van der Waals surface area (Å²) in [5.74, 6) is 1.17. The van der Waals surface area contributed by atoms with Crippen LogP contribution in [0, 0.1) is 0 Å². The monoisotopic (exact) mass is 194 g/mol. The summed E-state index contributed by atoms with van der Waals surface area (Å²) in [6, 6.07) is -0.223. The second kappa shape index (κ2) is 3.54. The van der Waals surface area contributed by atoms with E-state index >= 15 is 0 Å². The third kappa shape index (κ3) is 1.49. The fourth-order valence-electron chi connectivity index (χ4n) is 0.963. The molecule has 2 aromatic rings. The summed E-state index contributed by atoms with van der Waals surface area (Å²) >= 11 is 0. The fourth-order valence-corrected chi connectivity index (χ4v) is 0.963. The van der Waals surface area contributed by atoms with Gasteiger partial charge in [-0.15, -0.1) is 10.2 Å². The molecule has 14 heavy (non-hydrogen) atoms. The number of nitrogens with zero attached hydrogens (tertiary/aromatic N) is 4. The number of H-pyrrole nitrogens is 1. The lowest BCUT2D eigenvalue weighted by atomic mass is 10.2. The van der Waals surface area contributed by atoms with Gasteiger partial charge in [-0.2, -0.15) is 5.10 Å². The number of rotatable bonds is 3. The van der Waals surface area contributed by atoms with Gasteiger partial charge in [0.1, 0.15) is 6.33 Å². The smallest absolute Gasteiger partial charge is 0.285 e. The van der Waals surface area contributed by atoms with Gasteiger partial charge in [0.05, 0.1) is 6.04 Å². The molecule has 0 saturated carbocycles. The molecule has 7 nitrogen and oxygen atoms in total. The zero-order chi connectivity index (χ0) is 9.97. The Balaban J connectivity index is 2.26. The lowest BCUT2D eigenvalue weighted by Gasteiger charge is -1.99. The minimum atomic E-state index is -0.223. The van der Waals surface area contributed by atoms with E-state index in [1.807, 2.05) is 6.92 Å². The topological polar surface area (TPSA) is 107 Å². The second-order valence-electron chi connectivity index (χ2n) is 2.79. The fraction of sp³-hybridized carbons (Fsp3) is 0.429. The maximum absolute atomic E-state index is 5.72. The van der Waals surface area contributed by atoms with Gasteiger partial charge in [-0.1, -0.05) is 6.92 Å². The molecule has 0 radical (unpaired) electrons. The molecule has 0 fully saturated rings. The molecule has 0 aliphatic rings. The van der Waals surface area contributed by atoms with Gasteiger partial charge in [0.15, 0.2) is 0 Å². The first-order valence-corrected chi connectivity index (χ1v) is 4.26. The largest absolute Gasteiger partial charge is 0.416 e. The van der Waals surface area contributed by atoms with E-state index in [2.05, 4.69) is 25.4 Å². The molecule has 0 spiro atoms. The molecule has 1 atom stereocenters. The van der Waals surface area contributed by atoms with Crippen LogP contribution < -0.4 is 5.73 Å². The highest BCUT2D eigenvalue weighted by Gasteiger charge is 2.14. The molecule has 0 aliphatic heterocycles. The minimum Gasteiger partial charge on any atom is -0.416 e. The van der Waals surface area contributed by atoms with Crippen molar-refractivity contribution >= 4 is 0 Å². The van der Waals surface area contributed by atoms with E-state index in [9.17, 15) is 0 Å². The van der Waals surface area contributed by atoms with Crippen molar-refractivity contribution in [2.24, 2.45) is 5.73 Å². The van der Waals surface area contributed by atoms with Gasteiger partial charge in [-0.3, -0.25) is 5.10 Å². The molecule has 3 N–H and O–H groups in total. The predicted molar refractivity (Wildman–Crippen MR) is 46.9 cm³/mol. The van der Waals surface area contributed by atoms with E-state index in [0.29, 0.717) is 17.6 Å². The first-order chi connectivity index (χ1) is 6.81. The summed E-state index contributed by atoms with van der Waals surface area (Å²) in [5, 5.41) is 13.9. The van der Waals surface area contributed by atoms with E-state index in [1.165, 1.54) is 6.33 Å². The summed E-state index contributed by atoms with van der Waals surface area (Å²) in [5.41, 5.74) is 5.72. The Morgan fingerprint density at radius 1 is 1.57 bits per heavy atom. The van der Waals surface area contributed by atoms with Crippen molar-refractivity contribution in [3.05, 3.63) is 12.2 Å². The molecule has 0 bridgehead atoms. The van der Waals surface area contributed by atoms with Gasteiger partial charge in [0.2, 0.25) is 11.7 Å². The van der Waals surface area contributed by atoms with E-state index in [-0.39, 0.29) is 6.04 Å². The first kappa shape index (κ1) is 8.82. The van der Waals surface area contributed by atoms with Gasteiger partial charge >= 0.3 is 0 Å². The SMILES string of the molecule is CC[C@@H](N)c1nnc(-c2ncn[nH]2)o1. The standard InChI is InChI=1S/C7H10N6O/c1-2-4(8)6-12-13-7(14-6)5-9-3-10-11-5/h3-4H,2,8H2,1H3,(H,9,10,11)/t4-/m1/s1. The summed E-state index contributed by atoms with van der Waals surface area (Å²) < 4.78 is 5.30. The van der Waals surface area contributed by atoms with Gasteiger partial charge in [-0.05, 0) is 6.42 Å². The first-order valence-electron chi connectivity index (χ1n) is 4.26. The Kier molecular flexibility index (Phi) is 2.23. The zero-order valence-electron chi connectivity index (χ0n) is 7.64. The van der Waals surface area contributed by atoms with Crippen LogP contribution in [0.3, 0.4) is 0 Å². The van der Waals surface area contributed by atoms with Crippen LogP contribution in [0.15, 0.2) is 10.7 Å². The van der Waals surface area contributed by atoms with Crippen LogP contribution in [0.25, 0.3) is 11.7 Å². The number of hydrogen-bond acceptors (Lipinski definition) is 6. The molecule has 74 valence electrons. The molecule has 0 saturated heterocycles. The summed E-state index contributed by atoms with van der Waals surface area (Å²) in [6.07, 6.45) is 2.12. The Morgan fingerprint density at radius 3 is 3.07 bits per heavy atom. The van der Waals surface area contributed by atoms with Crippen molar-refractivity contribution in [3.8, 4) is 11.7 Å². The third-order valence-corrected chi connectivity index (χ3v) is 1.82. The van der Waals surface area contributed by atoms with Crippen LogP contribution in [0.4, 0.5) is 0 Å². The van der Waals surface area contributed by atoms with Crippen molar-refractivity contribution in [2.45, 2.75) is 19.4 Å². The van der Waals surface area contributed by atoms with Crippen LogP contribution >= 0.6 is 0 Å². The summed E-state index contributed by atoms with van der Waals surface area (Å²) in [7, 11) is 0. The number of nitrogens with two attached hydrogens (primary N) is 1. The maximum atomic E-state index is 5.72. The minimum absolute atomic E-state index is 0.223. The second-order valence-corrected chi connectivity index (χ2v) is 2.79. The van der Waals surface area contributed by atoms with Gasteiger partial charge in [-0.25, -0.2) is 4.98 Å². The van der Waals surface area contributed by atoms with Crippen LogP contribution in [-0.2, 0) is 0 Å². The van der Waals surface area contributed by atoms with Gasteiger partial charge < -0.3 is 10.2 Å². The van der Waals surface area contributed by atoms with Gasteiger partial charge in [0, 0.05) is 0 Å². The lowest BCUT2D eigenvalue weighted by Crippen LogP contribution is -2.08. The number of nitrogens with one attached hydrogen (secondary N) is 1. The normalized spacial score (nSPS) is 13.0. The Morgan fingerprint density at radius 2 is 2.43 bits per heavy atom. The van der Waals surface area contributed by atoms with Crippen molar-refractivity contribution < 1.29 is 4.42 Å². The molecule has 0 amide bonds.